The Morgan fingerprint density at radius 2 is 2.10 bits per heavy atom. The van der Waals surface area contributed by atoms with Crippen molar-refractivity contribution in [3.05, 3.63) is 47.0 Å². The molecule has 5 nitrogen and oxygen atoms in total. The molecule has 1 heterocycles. The molecule has 20 heavy (non-hydrogen) atoms. The fourth-order valence-electron chi connectivity index (χ4n) is 2.26. The summed E-state index contributed by atoms with van der Waals surface area (Å²) in [6, 6.07) is 7.75. The molecule has 1 aliphatic carbocycles. The zero-order valence-electron chi connectivity index (χ0n) is 11.1. The van der Waals surface area contributed by atoms with Gasteiger partial charge in [-0.3, -0.25) is 4.79 Å². The highest BCUT2D eigenvalue weighted by molar-refractivity contribution is 9.10. The monoisotopic (exact) mass is 334 g/mol. The molecular weight excluding hydrogens is 320 g/mol. The number of hydrogen-bond donors (Lipinski definition) is 1. The van der Waals surface area contributed by atoms with Gasteiger partial charge in [-0.05, 0) is 37.5 Å². The van der Waals surface area contributed by atoms with Crippen LogP contribution in [0.2, 0.25) is 0 Å². The summed E-state index contributed by atoms with van der Waals surface area (Å²) in [5, 5.41) is 7.16. The van der Waals surface area contributed by atoms with Crippen LogP contribution in [0.4, 0.5) is 0 Å². The van der Waals surface area contributed by atoms with E-state index in [0.717, 1.165) is 22.9 Å². The maximum Gasteiger partial charge on any atom is 0.245 e. The molecule has 1 fully saturated rings. The van der Waals surface area contributed by atoms with Crippen LogP contribution in [0.5, 0.6) is 0 Å². The first-order chi connectivity index (χ1) is 9.61. The molecule has 3 rings (SSSR count). The Labute approximate surface area is 125 Å². The average molecular weight is 335 g/mol. The van der Waals surface area contributed by atoms with Gasteiger partial charge in [-0.25, -0.2) is 9.67 Å². The molecule has 2 aromatic rings. The summed E-state index contributed by atoms with van der Waals surface area (Å²) in [6.45, 7) is 1.82. The van der Waals surface area contributed by atoms with Crippen molar-refractivity contribution >= 4 is 21.8 Å². The third kappa shape index (κ3) is 2.47. The highest BCUT2D eigenvalue weighted by Gasteiger charge is 2.46. The molecule has 1 atom stereocenters. The van der Waals surface area contributed by atoms with Gasteiger partial charge in [0.25, 0.3) is 0 Å². The van der Waals surface area contributed by atoms with Crippen LogP contribution in [-0.2, 0) is 10.3 Å². The lowest BCUT2D eigenvalue weighted by molar-refractivity contribution is -0.125. The normalized spacial score (nSPS) is 17.5. The Morgan fingerprint density at radius 3 is 2.65 bits per heavy atom. The maximum absolute atomic E-state index is 12.3. The third-order valence-corrected chi connectivity index (χ3v) is 4.25. The van der Waals surface area contributed by atoms with E-state index in [9.17, 15) is 4.79 Å². The van der Waals surface area contributed by atoms with Crippen LogP contribution in [0.25, 0.3) is 0 Å². The van der Waals surface area contributed by atoms with Crippen LogP contribution in [0.15, 0.2) is 41.4 Å². The molecule has 6 heteroatoms. The number of benzene rings is 1. The van der Waals surface area contributed by atoms with Crippen molar-refractivity contribution in [2.45, 2.75) is 31.3 Å². The number of aromatic nitrogens is 3. The van der Waals surface area contributed by atoms with Crippen LogP contribution < -0.4 is 5.32 Å². The standard InChI is InChI=1S/C14H15BrN4O/c1-10(19-9-16-8-17-19)13(20)18-14(6-7-14)11-2-4-12(15)5-3-11/h2-5,8-10H,6-7H2,1H3,(H,18,20). The van der Waals surface area contributed by atoms with Crippen molar-refractivity contribution in [3.63, 3.8) is 0 Å². The Morgan fingerprint density at radius 1 is 1.40 bits per heavy atom. The lowest BCUT2D eigenvalue weighted by Gasteiger charge is -2.21. The van der Waals surface area contributed by atoms with Gasteiger partial charge in [0.05, 0.1) is 5.54 Å². The van der Waals surface area contributed by atoms with Gasteiger partial charge in [0, 0.05) is 4.47 Å². The van der Waals surface area contributed by atoms with Crippen LogP contribution in [0.1, 0.15) is 31.4 Å². The lowest BCUT2D eigenvalue weighted by atomic mass is 10.0. The van der Waals surface area contributed by atoms with Gasteiger partial charge in [0.15, 0.2) is 0 Å². The second kappa shape index (κ2) is 5.01. The first kappa shape index (κ1) is 13.3. The minimum Gasteiger partial charge on any atom is -0.345 e. The molecule has 0 bridgehead atoms. The van der Waals surface area contributed by atoms with E-state index in [1.807, 2.05) is 19.1 Å². The first-order valence-electron chi connectivity index (χ1n) is 6.53. The summed E-state index contributed by atoms with van der Waals surface area (Å²) < 4.78 is 2.60. The molecule has 104 valence electrons. The second-order valence-electron chi connectivity index (χ2n) is 5.13. The van der Waals surface area contributed by atoms with Crippen molar-refractivity contribution in [1.82, 2.24) is 20.1 Å². The Kier molecular flexibility index (Phi) is 3.33. The minimum atomic E-state index is -0.356. The van der Waals surface area contributed by atoms with Crippen molar-refractivity contribution in [2.24, 2.45) is 0 Å². The predicted octanol–water partition coefficient (Wildman–Crippen LogP) is 2.41. The zero-order chi connectivity index (χ0) is 14.2. The summed E-state index contributed by atoms with van der Waals surface area (Å²) in [6.07, 6.45) is 4.95. The first-order valence-corrected chi connectivity index (χ1v) is 7.32. The van der Waals surface area contributed by atoms with E-state index in [4.69, 9.17) is 0 Å². The number of amides is 1. The van der Waals surface area contributed by atoms with Gasteiger partial charge in [-0.2, -0.15) is 5.10 Å². The van der Waals surface area contributed by atoms with Crippen LogP contribution in [0, 0.1) is 0 Å². The Balaban J connectivity index is 1.74. The largest absolute Gasteiger partial charge is 0.345 e. The van der Waals surface area contributed by atoms with E-state index in [-0.39, 0.29) is 17.5 Å². The smallest absolute Gasteiger partial charge is 0.245 e. The molecule has 1 unspecified atom stereocenters. The summed E-state index contributed by atoms with van der Waals surface area (Å²) >= 11 is 3.43. The lowest BCUT2D eigenvalue weighted by Crippen LogP contribution is -2.39. The van der Waals surface area contributed by atoms with Crippen LogP contribution in [-0.4, -0.2) is 20.7 Å². The van der Waals surface area contributed by atoms with Crippen molar-refractivity contribution in [1.29, 1.82) is 0 Å². The zero-order valence-corrected chi connectivity index (χ0v) is 12.7. The van der Waals surface area contributed by atoms with Crippen LogP contribution >= 0.6 is 15.9 Å². The molecule has 0 radical (unpaired) electrons. The number of rotatable bonds is 4. The van der Waals surface area contributed by atoms with Crippen LogP contribution in [0.3, 0.4) is 0 Å². The highest BCUT2D eigenvalue weighted by Crippen LogP contribution is 2.45. The van der Waals surface area contributed by atoms with E-state index >= 15 is 0 Å². The van der Waals surface area contributed by atoms with Gasteiger partial charge in [-0.15, -0.1) is 0 Å². The average Bonchev–Trinajstić information content (AvgIpc) is 3.02. The summed E-state index contributed by atoms with van der Waals surface area (Å²) in [5.41, 5.74) is 0.951. The van der Waals surface area contributed by atoms with Gasteiger partial charge in [-0.1, -0.05) is 28.1 Å². The summed E-state index contributed by atoms with van der Waals surface area (Å²) in [5.74, 6) is -0.0316. The van der Waals surface area contributed by atoms with Crippen molar-refractivity contribution in [2.75, 3.05) is 0 Å². The van der Waals surface area contributed by atoms with Crippen molar-refractivity contribution < 1.29 is 4.79 Å². The van der Waals surface area contributed by atoms with Crippen molar-refractivity contribution in [3.8, 4) is 0 Å². The van der Waals surface area contributed by atoms with E-state index in [1.54, 1.807) is 11.0 Å². The molecule has 0 spiro atoms. The van der Waals surface area contributed by atoms with Gasteiger partial charge < -0.3 is 5.32 Å². The molecule has 0 aliphatic heterocycles. The fourth-order valence-corrected chi connectivity index (χ4v) is 2.52. The fraction of sp³-hybridized carbons (Fsp3) is 0.357. The van der Waals surface area contributed by atoms with E-state index in [0.29, 0.717) is 0 Å². The van der Waals surface area contributed by atoms with E-state index in [2.05, 4.69) is 43.5 Å². The molecule has 0 saturated heterocycles. The predicted molar refractivity (Wildman–Crippen MR) is 77.9 cm³/mol. The summed E-state index contributed by atoms with van der Waals surface area (Å²) in [7, 11) is 0. The van der Waals surface area contributed by atoms with Gasteiger partial charge >= 0.3 is 0 Å². The molecule has 1 amide bonds. The van der Waals surface area contributed by atoms with E-state index < -0.39 is 0 Å². The maximum atomic E-state index is 12.3. The topological polar surface area (TPSA) is 59.8 Å². The van der Waals surface area contributed by atoms with E-state index in [1.165, 1.54) is 6.33 Å². The molecule has 1 aliphatic rings. The number of halogens is 1. The third-order valence-electron chi connectivity index (χ3n) is 3.72. The quantitative estimate of drug-likeness (QED) is 0.933. The minimum absolute atomic E-state index is 0.0316. The highest BCUT2D eigenvalue weighted by atomic mass is 79.9. The SMILES string of the molecule is CC(C(=O)NC1(c2ccc(Br)cc2)CC1)n1cncn1. The molecule has 1 saturated carbocycles. The number of carbonyl (C=O) groups excluding carboxylic acids is 1. The molecular formula is C14H15BrN4O. The number of carbonyl (C=O) groups is 1. The van der Waals surface area contributed by atoms with Gasteiger partial charge in [0.1, 0.15) is 18.7 Å². The summed E-state index contributed by atoms with van der Waals surface area (Å²) in [4.78, 5) is 16.2. The number of nitrogens with one attached hydrogen (secondary N) is 1. The number of hydrogen-bond acceptors (Lipinski definition) is 3. The second-order valence-corrected chi connectivity index (χ2v) is 6.05. The Hall–Kier alpha value is -1.69. The Bertz CT molecular complexity index is 605. The van der Waals surface area contributed by atoms with Gasteiger partial charge in [0.2, 0.25) is 5.91 Å². The molecule has 1 aromatic carbocycles. The molecule has 1 aromatic heterocycles. The molecule has 1 N–H and O–H groups in total. The number of nitrogens with zero attached hydrogens (tertiary/aromatic N) is 3.